The molecular weight excluding hydrogens is 518 g/mol. The molecule has 1 unspecified atom stereocenters. The average Bonchev–Trinajstić information content (AvgIpc) is 2.95. The number of amides is 2. The predicted octanol–water partition coefficient (Wildman–Crippen LogP) is 6.46. The first-order valence-corrected chi connectivity index (χ1v) is 16.2. The molecule has 41 heavy (non-hydrogen) atoms. The number of phenols is 1. The molecule has 234 valence electrons. The smallest absolute Gasteiger partial charge is 0.327 e. The van der Waals surface area contributed by atoms with Gasteiger partial charge in [-0.25, -0.2) is 4.79 Å². The van der Waals surface area contributed by atoms with Gasteiger partial charge < -0.3 is 21.7 Å². The van der Waals surface area contributed by atoms with Crippen LogP contribution in [0.25, 0.3) is 0 Å². The number of carbonyl (C=O) groups is 3. The Morgan fingerprint density at radius 2 is 0.927 bits per heavy atom. The molecule has 8 heteroatoms. The van der Waals surface area contributed by atoms with Gasteiger partial charge in [0.1, 0.15) is 11.8 Å². The molecule has 0 aromatic heterocycles. The Hall–Kier alpha value is -2.45. The van der Waals surface area contributed by atoms with E-state index in [9.17, 15) is 24.6 Å². The maximum atomic E-state index is 13.3. The van der Waals surface area contributed by atoms with E-state index in [1.807, 2.05) is 0 Å². The summed E-state index contributed by atoms with van der Waals surface area (Å²) in [6, 6.07) is 4.97. The number of aromatic hydroxyl groups is 1. The van der Waals surface area contributed by atoms with E-state index in [1.54, 1.807) is 12.1 Å². The number of aliphatic carboxylic acids is 1. The summed E-state index contributed by atoms with van der Waals surface area (Å²) >= 11 is 0. The molecule has 0 radical (unpaired) electrons. The first-order valence-electron chi connectivity index (χ1n) is 16.2. The van der Waals surface area contributed by atoms with Crippen LogP contribution in [0.2, 0.25) is 0 Å². The fourth-order valence-corrected chi connectivity index (χ4v) is 5.19. The minimum absolute atomic E-state index is 0.0153. The van der Waals surface area contributed by atoms with Crippen molar-refractivity contribution in [2.45, 2.75) is 141 Å². The predicted molar refractivity (Wildman–Crippen MR) is 166 cm³/mol. The van der Waals surface area contributed by atoms with Crippen molar-refractivity contribution in [1.82, 2.24) is 4.90 Å². The van der Waals surface area contributed by atoms with Crippen LogP contribution >= 0.6 is 0 Å². The summed E-state index contributed by atoms with van der Waals surface area (Å²) in [7, 11) is 0. The standard InChI is InChI=1S/C33H57N3O5/c34-25-17-13-9-5-1-3-7-11-15-19-31(38)36(30(33(40)41)27-28-21-23-29(37)24-22-28)32(39)20-16-12-8-4-2-6-10-14-18-26-35/h21-24,30,37H,1-20,25-27,34-35H2,(H,40,41). The van der Waals surface area contributed by atoms with Crippen molar-refractivity contribution in [1.29, 1.82) is 0 Å². The number of carboxylic acid groups (broad SMARTS) is 1. The van der Waals surface area contributed by atoms with Gasteiger partial charge in [-0.15, -0.1) is 0 Å². The number of hydrogen-bond donors (Lipinski definition) is 4. The van der Waals surface area contributed by atoms with Crippen molar-refractivity contribution in [3.8, 4) is 5.75 Å². The highest BCUT2D eigenvalue weighted by molar-refractivity contribution is 5.99. The lowest BCUT2D eigenvalue weighted by Crippen LogP contribution is -2.49. The molecule has 0 spiro atoms. The normalized spacial score (nSPS) is 11.9. The fraction of sp³-hybridized carbons (Fsp3) is 0.727. The molecule has 0 bridgehead atoms. The Bertz CT molecular complexity index is 795. The second-order valence-corrected chi connectivity index (χ2v) is 11.3. The molecule has 0 fully saturated rings. The summed E-state index contributed by atoms with van der Waals surface area (Å²) in [5.74, 6) is -1.92. The van der Waals surface area contributed by atoms with Crippen LogP contribution in [-0.4, -0.2) is 52.0 Å². The third-order valence-corrected chi connectivity index (χ3v) is 7.69. The number of nitrogens with zero attached hydrogens (tertiary/aromatic N) is 1. The Balaban J connectivity index is 2.61. The minimum Gasteiger partial charge on any atom is -0.508 e. The molecule has 1 atom stereocenters. The van der Waals surface area contributed by atoms with E-state index in [0.29, 0.717) is 18.4 Å². The molecule has 1 rings (SSSR count). The number of nitrogens with two attached hydrogens (primary N) is 2. The van der Waals surface area contributed by atoms with Gasteiger partial charge in [0.15, 0.2) is 0 Å². The lowest BCUT2D eigenvalue weighted by atomic mass is 10.0. The molecule has 8 nitrogen and oxygen atoms in total. The van der Waals surface area contributed by atoms with Crippen molar-refractivity contribution >= 4 is 17.8 Å². The number of carboxylic acids is 1. The van der Waals surface area contributed by atoms with E-state index in [0.717, 1.165) is 69.4 Å². The van der Waals surface area contributed by atoms with Crippen molar-refractivity contribution < 1.29 is 24.6 Å². The summed E-state index contributed by atoms with van der Waals surface area (Å²) in [4.78, 5) is 39.9. The SMILES string of the molecule is NCCCCCCCCCCCC(=O)N(C(=O)CCCCCCCCCCCN)C(Cc1ccc(O)cc1)C(=O)O. The number of hydrogen-bond acceptors (Lipinski definition) is 6. The zero-order chi connectivity index (χ0) is 30.1. The zero-order valence-corrected chi connectivity index (χ0v) is 25.4. The van der Waals surface area contributed by atoms with Crippen LogP contribution in [0.5, 0.6) is 5.75 Å². The molecule has 1 aromatic rings. The maximum absolute atomic E-state index is 13.3. The van der Waals surface area contributed by atoms with E-state index in [2.05, 4.69) is 0 Å². The van der Waals surface area contributed by atoms with Crippen LogP contribution in [-0.2, 0) is 20.8 Å². The molecule has 0 saturated heterocycles. The number of imide groups is 1. The van der Waals surface area contributed by atoms with Gasteiger partial charge in [-0.3, -0.25) is 14.5 Å². The van der Waals surface area contributed by atoms with Crippen LogP contribution in [0.3, 0.4) is 0 Å². The Labute approximate surface area is 248 Å². The summed E-state index contributed by atoms with van der Waals surface area (Å²) in [5, 5.41) is 19.6. The summed E-state index contributed by atoms with van der Waals surface area (Å²) in [6.45, 7) is 1.50. The van der Waals surface area contributed by atoms with Crippen molar-refractivity contribution in [3.63, 3.8) is 0 Å². The third-order valence-electron chi connectivity index (χ3n) is 7.69. The van der Waals surface area contributed by atoms with Crippen LogP contribution in [0.15, 0.2) is 24.3 Å². The molecule has 0 aliphatic heterocycles. The Kier molecular flexibility index (Phi) is 21.6. The van der Waals surface area contributed by atoms with Gasteiger partial charge in [0.2, 0.25) is 11.8 Å². The summed E-state index contributed by atoms with van der Waals surface area (Å²) < 4.78 is 0. The minimum atomic E-state index is -1.26. The van der Waals surface area contributed by atoms with Crippen molar-refractivity contribution in [2.24, 2.45) is 11.5 Å². The van der Waals surface area contributed by atoms with Gasteiger partial charge in [-0.05, 0) is 56.5 Å². The second kappa shape index (κ2) is 24.2. The highest BCUT2D eigenvalue weighted by atomic mass is 16.4. The zero-order valence-electron chi connectivity index (χ0n) is 25.4. The molecule has 0 heterocycles. The average molecular weight is 576 g/mol. The highest BCUT2D eigenvalue weighted by Gasteiger charge is 2.34. The summed E-state index contributed by atoms with van der Waals surface area (Å²) in [6.07, 6.45) is 19.4. The lowest BCUT2D eigenvalue weighted by Gasteiger charge is -2.28. The Morgan fingerprint density at radius 1 is 0.585 bits per heavy atom. The van der Waals surface area contributed by atoms with Crippen molar-refractivity contribution in [2.75, 3.05) is 13.1 Å². The van der Waals surface area contributed by atoms with Crippen LogP contribution in [0.4, 0.5) is 0 Å². The molecule has 2 amide bonds. The van der Waals surface area contributed by atoms with Crippen LogP contribution in [0.1, 0.15) is 134 Å². The van der Waals surface area contributed by atoms with Crippen LogP contribution in [0, 0.1) is 0 Å². The van der Waals surface area contributed by atoms with E-state index in [1.165, 1.54) is 63.5 Å². The van der Waals surface area contributed by atoms with E-state index in [-0.39, 0.29) is 25.0 Å². The van der Waals surface area contributed by atoms with Gasteiger partial charge in [0, 0.05) is 19.3 Å². The number of rotatable bonds is 26. The number of unbranched alkanes of at least 4 members (excludes halogenated alkanes) is 16. The van der Waals surface area contributed by atoms with Crippen LogP contribution < -0.4 is 11.5 Å². The molecule has 6 N–H and O–H groups in total. The van der Waals surface area contributed by atoms with Gasteiger partial charge >= 0.3 is 5.97 Å². The fourth-order valence-electron chi connectivity index (χ4n) is 5.19. The molecule has 0 aliphatic carbocycles. The molecule has 0 aliphatic rings. The number of benzene rings is 1. The van der Waals surface area contributed by atoms with E-state index in [4.69, 9.17) is 11.5 Å². The largest absolute Gasteiger partial charge is 0.508 e. The first-order chi connectivity index (χ1) is 19.9. The monoisotopic (exact) mass is 575 g/mol. The Morgan fingerprint density at radius 3 is 1.27 bits per heavy atom. The van der Waals surface area contributed by atoms with Gasteiger partial charge in [0.25, 0.3) is 0 Å². The quantitative estimate of drug-likeness (QED) is 0.0926. The number of phenolic OH excluding ortho intramolecular Hbond substituents is 1. The topological polar surface area (TPSA) is 147 Å². The molecular formula is C33H57N3O5. The first kappa shape index (κ1) is 36.6. The highest BCUT2D eigenvalue weighted by Crippen LogP contribution is 2.19. The second-order valence-electron chi connectivity index (χ2n) is 11.3. The van der Waals surface area contributed by atoms with Gasteiger partial charge in [-0.1, -0.05) is 102 Å². The van der Waals surface area contributed by atoms with E-state index < -0.39 is 23.8 Å². The van der Waals surface area contributed by atoms with Gasteiger partial charge in [0.05, 0.1) is 0 Å². The third kappa shape index (κ3) is 17.9. The molecule has 1 aromatic carbocycles. The lowest BCUT2D eigenvalue weighted by molar-refractivity contribution is -0.158. The summed E-state index contributed by atoms with van der Waals surface area (Å²) in [5.41, 5.74) is 11.7. The van der Waals surface area contributed by atoms with E-state index >= 15 is 0 Å². The maximum Gasteiger partial charge on any atom is 0.327 e. The van der Waals surface area contributed by atoms with Crippen molar-refractivity contribution in [3.05, 3.63) is 29.8 Å². The molecule has 0 saturated carbocycles. The van der Waals surface area contributed by atoms with Gasteiger partial charge in [-0.2, -0.15) is 0 Å². The number of carbonyl (C=O) groups excluding carboxylic acids is 2.